The van der Waals surface area contributed by atoms with Crippen LogP contribution in [0.3, 0.4) is 0 Å². The van der Waals surface area contributed by atoms with Crippen LogP contribution < -0.4 is 0 Å². The van der Waals surface area contributed by atoms with Gasteiger partial charge in [-0.2, -0.15) is 0 Å². The lowest BCUT2D eigenvalue weighted by Gasteiger charge is -2.11. The second kappa shape index (κ2) is 6.20. The third kappa shape index (κ3) is 3.84. The average Bonchev–Trinajstić information content (AvgIpc) is 2.82. The number of halogens is 1. The highest BCUT2D eigenvalue weighted by Gasteiger charge is 2.19. The van der Waals surface area contributed by atoms with Crippen LogP contribution >= 0.6 is 15.9 Å². The standard InChI is InChI=1S/C14H17BrO2/c15-10-12-7-5-11(6-8-12)9-14(16)17-13-3-1-2-4-13/h5-8,13H,1-4,9-10H2. The summed E-state index contributed by atoms with van der Waals surface area (Å²) in [6.45, 7) is 0. The van der Waals surface area contributed by atoms with Crippen molar-refractivity contribution in [2.24, 2.45) is 0 Å². The van der Waals surface area contributed by atoms with E-state index in [4.69, 9.17) is 4.74 Å². The Morgan fingerprint density at radius 3 is 2.35 bits per heavy atom. The van der Waals surface area contributed by atoms with E-state index in [2.05, 4.69) is 15.9 Å². The first kappa shape index (κ1) is 12.6. The quantitative estimate of drug-likeness (QED) is 0.627. The molecule has 92 valence electrons. The van der Waals surface area contributed by atoms with Crippen LogP contribution in [0.2, 0.25) is 0 Å². The van der Waals surface area contributed by atoms with Crippen LogP contribution in [0.1, 0.15) is 36.8 Å². The lowest BCUT2D eigenvalue weighted by Crippen LogP contribution is -2.16. The maximum atomic E-state index is 11.7. The van der Waals surface area contributed by atoms with Gasteiger partial charge >= 0.3 is 5.97 Å². The summed E-state index contributed by atoms with van der Waals surface area (Å²) in [4.78, 5) is 11.7. The fourth-order valence-corrected chi connectivity index (χ4v) is 2.52. The predicted octanol–water partition coefficient (Wildman–Crippen LogP) is 3.61. The van der Waals surface area contributed by atoms with Gasteiger partial charge in [-0.1, -0.05) is 40.2 Å². The molecule has 0 spiro atoms. The molecule has 0 saturated heterocycles. The Bertz CT molecular complexity index is 366. The van der Waals surface area contributed by atoms with E-state index >= 15 is 0 Å². The maximum absolute atomic E-state index is 11.7. The Morgan fingerprint density at radius 2 is 1.76 bits per heavy atom. The number of alkyl halides is 1. The molecule has 1 aromatic carbocycles. The van der Waals surface area contributed by atoms with Crippen LogP contribution in [0.4, 0.5) is 0 Å². The van der Waals surface area contributed by atoms with Crippen molar-refractivity contribution in [2.45, 2.75) is 43.5 Å². The minimum Gasteiger partial charge on any atom is -0.462 e. The van der Waals surface area contributed by atoms with Crippen LogP contribution in [0.25, 0.3) is 0 Å². The highest BCUT2D eigenvalue weighted by molar-refractivity contribution is 9.08. The van der Waals surface area contributed by atoms with E-state index in [1.807, 2.05) is 24.3 Å². The number of carbonyl (C=O) groups excluding carboxylic acids is 1. The van der Waals surface area contributed by atoms with E-state index in [9.17, 15) is 4.79 Å². The number of carbonyl (C=O) groups is 1. The lowest BCUT2D eigenvalue weighted by atomic mass is 10.1. The van der Waals surface area contributed by atoms with Crippen molar-refractivity contribution in [3.8, 4) is 0 Å². The smallest absolute Gasteiger partial charge is 0.310 e. The Morgan fingerprint density at radius 1 is 1.18 bits per heavy atom. The van der Waals surface area contributed by atoms with Crippen molar-refractivity contribution >= 4 is 21.9 Å². The summed E-state index contributed by atoms with van der Waals surface area (Å²) in [6.07, 6.45) is 5.02. The normalized spacial score (nSPS) is 16.1. The molecular weight excluding hydrogens is 280 g/mol. The molecule has 0 aromatic heterocycles. The monoisotopic (exact) mass is 296 g/mol. The topological polar surface area (TPSA) is 26.3 Å². The minimum atomic E-state index is -0.0940. The molecular formula is C14H17BrO2. The lowest BCUT2D eigenvalue weighted by molar-refractivity contribution is -0.147. The molecule has 1 saturated carbocycles. The van der Waals surface area contributed by atoms with Gasteiger partial charge in [-0.15, -0.1) is 0 Å². The van der Waals surface area contributed by atoms with E-state index in [0.29, 0.717) is 6.42 Å². The molecule has 2 nitrogen and oxygen atoms in total. The van der Waals surface area contributed by atoms with Gasteiger partial charge in [0.2, 0.25) is 0 Å². The molecule has 3 heteroatoms. The van der Waals surface area contributed by atoms with Gasteiger partial charge in [0, 0.05) is 5.33 Å². The van der Waals surface area contributed by atoms with Gasteiger partial charge in [0.15, 0.2) is 0 Å². The largest absolute Gasteiger partial charge is 0.462 e. The van der Waals surface area contributed by atoms with Crippen LogP contribution in [-0.4, -0.2) is 12.1 Å². The fourth-order valence-electron chi connectivity index (χ4n) is 2.15. The van der Waals surface area contributed by atoms with E-state index < -0.39 is 0 Å². The van der Waals surface area contributed by atoms with Crippen molar-refractivity contribution in [1.82, 2.24) is 0 Å². The van der Waals surface area contributed by atoms with E-state index in [1.165, 1.54) is 18.4 Å². The molecule has 1 fully saturated rings. The van der Waals surface area contributed by atoms with E-state index in [0.717, 1.165) is 23.7 Å². The molecule has 0 amide bonds. The Labute approximate surface area is 110 Å². The van der Waals surface area contributed by atoms with Crippen molar-refractivity contribution < 1.29 is 9.53 Å². The van der Waals surface area contributed by atoms with Crippen LogP contribution in [0.5, 0.6) is 0 Å². The molecule has 0 heterocycles. The molecule has 0 atom stereocenters. The summed E-state index contributed by atoms with van der Waals surface area (Å²) >= 11 is 3.40. The number of hydrogen-bond donors (Lipinski definition) is 0. The predicted molar refractivity (Wildman–Crippen MR) is 71.1 cm³/mol. The van der Waals surface area contributed by atoms with Crippen LogP contribution in [0, 0.1) is 0 Å². The molecule has 0 N–H and O–H groups in total. The van der Waals surface area contributed by atoms with Gasteiger partial charge in [0.05, 0.1) is 6.42 Å². The summed E-state index contributed by atoms with van der Waals surface area (Å²) in [7, 11) is 0. The zero-order valence-corrected chi connectivity index (χ0v) is 11.4. The summed E-state index contributed by atoms with van der Waals surface area (Å²) < 4.78 is 5.42. The van der Waals surface area contributed by atoms with Crippen molar-refractivity contribution in [3.63, 3.8) is 0 Å². The summed E-state index contributed by atoms with van der Waals surface area (Å²) in [5.74, 6) is -0.0940. The Kier molecular flexibility index (Phi) is 4.60. The van der Waals surface area contributed by atoms with Gasteiger partial charge in [-0.25, -0.2) is 0 Å². The number of benzene rings is 1. The van der Waals surface area contributed by atoms with Crippen molar-refractivity contribution in [3.05, 3.63) is 35.4 Å². The number of hydrogen-bond acceptors (Lipinski definition) is 2. The number of ether oxygens (including phenoxy) is 1. The molecule has 2 rings (SSSR count). The van der Waals surface area contributed by atoms with Crippen LogP contribution in [-0.2, 0) is 21.3 Å². The van der Waals surface area contributed by atoms with Crippen molar-refractivity contribution in [2.75, 3.05) is 0 Å². The summed E-state index contributed by atoms with van der Waals surface area (Å²) in [5, 5.41) is 0.847. The third-order valence-corrected chi connectivity index (χ3v) is 3.77. The molecule has 1 aliphatic rings. The van der Waals surface area contributed by atoms with Gasteiger partial charge < -0.3 is 4.74 Å². The van der Waals surface area contributed by atoms with Crippen molar-refractivity contribution in [1.29, 1.82) is 0 Å². The third-order valence-electron chi connectivity index (χ3n) is 3.13. The van der Waals surface area contributed by atoms with Gasteiger partial charge in [-0.05, 0) is 36.8 Å². The first-order valence-electron chi connectivity index (χ1n) is 6.11. The Balaban J connectivity index is 1.84. The second-order valence-electron chi connectivity index (χ2n) is 4.52. The molecule has 0 aliphatic heterocycles. The molecule has 0 radical (unpaired) electrons. The zero-order valence-electron chi connectivity index (χ0n) is 9.82. The maximum Gasteiger partial charge on any atom is 0.310 e. The minimum absolute atomic E-state index is 0.0940. The number of esters is 1. The Hall–Kier alpha value is -0.830. The van der Waals surface area contributed by atoms with Gasteiger partial charge in [-0.3, -0.25) is 4.79 Å². The van der Waals surface area contributed by atoms with Gasteiger partial charge in [0.25, 0.3) is 0 Å². The molecule has 0 unspecified atom stereocenters. The molecule has 1 aliphatic carbocycles. The van der Waals surface area contributed by atoms with E-state index in [1.54, 1.807) is 0 Å². The molecule has 1 aromatic rings. The summed E-state index contributed by atoms with van der Waals surface area (Å²) in [6, 6.07) is 8.05. The molecule has 0 bridgehead atoms. The fraction of sp³-hybridized carbons (Fsp3) is 0.500. The summed E-state index contributed by atoms with van der Waals surface area (Å²) in [5.41, 5.74) is 2.25. The highest BCUT2D eigenvalue weighted by Crippen LogP contribution is 2.21. The second-order valence-corrected chi connectivity index (χ2v) is 5.08. The first-order chi connectivity index (χ1) is 8.28. The zero-order chi connectivity index (χ0) is 12.1. The average molecular weight is 297 g/mol. The number of rotatable bonds is 4. The van der Waals surface area contributed by atoms with E-state index in [-0.39, 0.29) is 12.1 Å². The molecule has 17 heavy (non-hydrogen) atoms. The first-order valence-corrected chi connectivity index (χ1v) is 7.23. The highest BCUT2D eigenvalue weighted by atomic mass is 79.9. The van der Waals surface area contributed by atoms with Crippen LogP contribution in [0.15, 0.2) is 24.3 Å². The SMILES string of the molecule is O=C(Cc1ccc(CBr)cc1)OC1CCCC1. The van der Waals surface area contributed by atoms with Gasteiger partial charge in [0.1, 0.15) is 6.10 Å².